The minimum absolute atomic E-state index is 0.267. The third kappa shape index (κ3) is 4.16. The largest absolute Gasteiger partial charge is 0.497 e. The van der Waals surface area contributed by atoms with Crippen molar-refractivity contribution in [2.75, 3.05) is 7.11 Å². The van der Waals surface area contributed by atoms with E-state index >= 15 is 0 Å². The quantitative estimate of drug-likeness (QED) is 0.493. The molecule has 1 amide bonds. The predicted octanol–water partition coefficient (Wildman–Crippen LogP) is 3.13. The summed E-state index contributed by atoms with van der Waals surface area (Å²) in [5.74, 6) is 2.75. The lowest BCUT2D eigenvalue weighted by Gasteiger charge is -2.05. The number of imidazole rings is 1. The molecule has 0 unspecified atom stereocenters. The second-order valence-electron chi connectivity index (χ2n) is 7.33. The van der Waals surface area contributed by atoms with Crippen molar-refractivity contribution < 1.29 is 14.1 Å². The van der Waals surface area contributed by atoms with E-state index in [2.05, 4.69) is 25.4 Å². The topological polar surface area (TPSA) is 108 Å². The van der Waals surface area contributed by atoms with Gasteiger partial charge >= 0.3 is 0 Å². The summed E-state index contributed by atoms with van der Waals surface area (Å²) in [7, 11) is 1.62. The normalized spacial score (nSPS) is 13.2. The van der Waals surface area contributed by atoms with E-state index in [1.165, 1.54) is 0 Å². The zero-order valence-electron chi connectivity index (χ0n) is 16.9. The zero-order chi connectivity index (χ0) is 21.2. The molecular weight excluding hydrogens is 396 g/mol. The van der Waals surface area contributed by atoms with Gasteiger partial charge in [-0.3, -0.25) is 9.36 Å². The van der Waals surface area contributed by atoms with Crippen LogP contribution in [0.5, 0.6) is 5.75 Å². The Morgan fingerprint density at radius 1 is 1.23 bits per heavy atom. The van der Waals surface area contributed by atoms with E-state index in [0.29, 0.717) is 29.9 Å². The van der Waals surface area contributed by atoms with Gasteiger partial charge in [-0.1, -0.05) is 17.3 Å². The van der Waals surface area contributed by atoms with E-state index < -0.39 is 0 Å². The molecular formula is C22H20N6O3. The van der Waals surface area contributed by atoms with Crippen LogP contribution in [0.4, 0.5) is 0 Å². The predicted molar refractivity (Wildman–Crippen MR) is 111 cm³/mol. The first-order chi connectivity index (χ1) is 15.2. The molecule has 0 radical (unpaired) electrons. The van der Waals surface area contributed by atoms with Gasteiger partial charge in [-0.25, -0.2) is 9.97 Å². The molecule has 5 rings (SSSR count). The van der Waals surface area contributed by atoms with Crippen molar-refractivity contribution in [2.24, 2.45) is 0 Å². The average molecular weight is 416 g/mol. The summed E-state index contributed by atoms with van der Waals surface area (Å²) < 4.78 is 12.2. The third-order valence-electron chi connectivity index (χ3n) is 5.07. The number of benzene rings is 1. The molecule has 1 aliphatic rings. The second-order valence-corrected chi connectivity index (χ2v) is 7.33. The Morgan fingerprint density at radius 2 is 2.06 bits per heavy atom. The van der Waals surface area contributed by atoms with Crippen molar-refractivity contribution in [1.82, 2.24) is 30.0 Å². The molecule has 1 fully saturated rings. The van der Waals surface area contributed by atoms with Crippen molar-refractivity contribution in [1.29, 1.82) is 0 Å². The molecule has 1 aliphatic carbocycles. The van der Waals surface area contributed by atoms with Gasteiger partial charge in [-0.15, -0.1) is 0 Å². The smallest absolute Gasteiger partial charge is 0.271 e. The van der Waals surface area contributed by atoms with Crippen LogP contribution >= 0.6 is 0 Å². The van der Waals surface area contributed by atoms with Crippen LogP contribution in [-0.2, 0) is 6.54 Å². The summed E-state index contributed by atoms with van der Waals surface area (Å²) >= 11 is 0. The maximum absolute atomic E-state index is 12.5. The molecule has 1 aromatic carbocycles. The molecule has 0 bridgehead atoms. The van der Waals surface area contributed by atoms with Gasteiger partial charge in [0, 0.05) is 30.4 Å². The van der Waals surface area contributed by atoms with Gasteiger partial charge < -0.3 is 14.6 Å². The van der Waals surface area contributed by atoms with Gasteiger partial charge in [0.05, 0.1) is 7.11 Å². The number of nitrogens with one attached hydrogen (secondary N) is 1. The highest BCUT2D eigenvalue weighted by atomic mass is 16.5. The van der Waals surface area contributed by atoms with E-state index in [1.54, 1.807) is 30.4 Å². The van der Waals surface area contributed by atoms with E-state index in [-0.39, 0.29) is 5.91 Å². The molecule has 9 heteroatoms. The summed E-state index contributed by atoms with van der Waals surface area (Å²) in [5, 5.41) is 6.92. The molecule has 31 heavy (non-hydrogen) atoms. The minimum Gasteiger partial charge on any atom is -0.497 e. The number of carbonyl (C=O) groups excluding carboxylic acids is 1. The van der Waals surface area contributed by atoms with Crippen molar-refractivity contribution in [3.05, 3.63) is 72.2 Å². The molecule has 1 saturated carbocycles. The minimum atomic E-state index is -0.267. The fourth-order valence-corrected chi connectivity index (χ4v) is 3.13. The number of aromatic nitrogens is 5. The molecule has 3 heterocycles. The van der Waals surface area contributed by atoms with Crippen LogP contribution < -0.4 is 10.1 Å². The Labute approximate surface area is 178 Å². The molecule has 0 atom stereocenters. The van der Waals surface area contributed by atoms with Crippen molar-refractivity contribution in [3.8, 4) is 23.0 Å². The van der Waals surface area contributed by atoms with Crippen LogP contribution in [0.2, 0.25) is 0 Å². The molecule has 3 aromatic heterocycles. The fraction of sp³-hybridized carbons (Fsp3) is 0.227. The first-order valence-corrected chi connectivity index (χ1v) is 9.95. The van der Waals surface area contributed by atoms with E-state index in [9.17, 15) is 4.79 Å². The summed E-state index contributed by atoms with van der Waals surface area (Å²) in [6, 6.07) is 11.1. The Morgan fingerprint density at radius 3 is 2.84 bits per heavy atom. The van der Waals surface area contributed by atoms with Gasteiger partial charge in [0.2, 0.25) is 0 Å². The molecule has 1 N–H and O–H groups in total. The maximum atomic E-state index is 12.5. The van der Waals surface area contributed by atoms with Crippen LogP contribution in [0.25, 0.3) is 17.3 Å². The lowest BCUT2D eigenvalue weighted by atomic mass is 10.2. The molecule has 4 aromatic rings. The Kier molecular flexibility index (Phi) is 4.91. The van der Waals surface area contributed by atoms with E-state index in [0.717, 1.165) is 35.5 Å². The van der Waals surface area contributed by atoms with E-state index in [1.807, 2.05) is 36.4 Å². The first kappa shape index (κ1) is 19.0. The average Bonchev–Trinajstić information content (AvgIpc) is 3.34. The van der Waals surface area contributed by atoms with Crippen LogP contribution in [0.3, 0.4) is 0 Å². The highest BCUT2D eigenvalue weighted by Gasteiger charge is 2.29. The number of hydrogen-bond donors (Lipinski definition) is 1. The van der Waals surface area contributed by atoms with Crippen molar-refractivity contribution in [3.63, 3.8) is 0 Å². The van der Waals surface area contributed by atoms with Gasteiger partial charge in [0.25, 0.3) is 11.8 Å². The summed E-state index contributed by atoms with van der Waals surface area (Å²) in [5.41, 5.74) is 2.03. The van der Waals surface area contributed by atoms with Crippen molar-refractivity contribution in [2.45, 2.75) is 25.3 Å². The lowest BCUT2D eigenvalue weighted by Crippen LogP contribution is -2.23. The summed E-state index contributed by atoms with van der Waals surface area (Å²) in [4.78, 5) is 25.5. The molecule has 0 aliphatic heterocycles. The van der Waals surface area contributed by atoms with Gasteiger partial charge in [0.1, 0.15) is 23.6 Å². The number of rotatable bonds is 7. The highest BCUT2D eigenvalue weighted by Crippen LogP contribution is 2.38. The lowest BCUT2D eigenvalue weighted by molar-refractivity contribution is 0.0946. The summed E-state index contributed by atoms with van der Waals surface area (Å²) in [6.45, 7) is 0.393. The molecule has 0 spiro atoms. The fourth-order valence-electron chi connectivity index (χ4n) is 3.13. The summed E-state index contributed by atoms with van der Waals surface area (Å²) in [6.07, 6.45) is 7.07. The molecule has 156 valence electrons. The number of carbonyl (C=O) groups is 1. The van der Waals surface area contributed by atoms with Gasteiger partial charge in [0.15, 0.2) is 5.82 Å². The number of hydrogen-bond acceptors (Lipinski definition) is 7. The first-order valence-electron chi connectivity index (χ1n) is 9.95. The van der Waals surface area contributed by atoms with Gasteiger partial charge in [-0.05, 0) is 42.7 Å². The standard InChI is InChI=1S/C22H20N6O3/c1-30-17-6-2-14(3-7-17)11-24-21(29)18-12-28(13-25-18)19-10-16(8-9-23-19)22-26-20(27-31-22)15-4-5-15/h2-3,6-10,12-13,15H,4-5,11H2,1H3,(H,24,29). The third-order valence-corrected chi connectivity index (χ3v) is 5.07. The van der Waals surface area contributed by atoms with Gasteiger partial charge in [-0.2, -0.15) is 4.98 Å². The Hall–Kier alpha value is -4.01. The maximum Gasteiger partial charge on any atom is 0.271 e. The number of ether oxygens (including phenoxy) is 1. The van der Waals surface area contributed by atoms with Crippen LogP contribution in [0.1, 0.15) is 40.6 Å². The monoisotopic (exact) mass is 416 g/mol. The highest BCUT2D eigenvalue weighted by molar-refractivity contribution is 5.92. The molecule has 9 nitrogen and oxygen atoms in total. The SMILES string of the molecule is COc1ccc(CNC(=O)c2cn(-c3cc(-c4nc(C5CC5)no4)ccn3)cn2)cc1. The number of methoxy groups -OCH3 is 1. The Balaban J connectivity index is 1.27. The number of amides is 1. The van der Waals surface area contributed by atoms with Crippen LogP contribution in [0.15, 0.2) is 59.6 Å². The van der Waals surface area contributed by atoms with Crippen molar-refractivity contribution >= 4 is 5.91 Å². The second kappa shape index (κ2) is 8.02. The number of nitrogens with zero attached hydrogens (tertiary/aromatic N) is 5. The Bertz CT molecular complexity index is 1210. The number of pyridine rings is 1. The van der Waals surface area contributed by atoms with Crippen LogP contribution in [0, 0.1) is 0 Å². The van der Waals surface area contributed by atoms with Crippen LogP contribution in [-0.4, -0.2) is 37.7 Å². The molecule has 0 saturated heterocycles. The zero-order valence-corrected chi connectivity index (χ0v) is 16.9. The van der Waals surface area contributed by atoms with E-state index in [4.69, 9.17) is 9.26 Å².